The first kappa shape index (κ1) is 13.9. The molecule has 0 bridgehead atoms. The summed E-state index contributed by atoms with van der Waals surface area (Å²) in [5.74, 6) is 0.439. The number of carbonyl (C=O) groups excluding carboxylic acids is 1. The van der Waals surface area contributed by atoms with Gasteiger partial charge >= 0.3 is 0 Å². The number of thiazole rings is 1. The molecule has 1 aliphatic heterocycles. The third-order valence-corrected chi connectivity index (χ3v) is 4.50. The Balaban J connectivity index is 2.02. The number of H-pyrrole nitrogens is 1. The monoisotopic (exact) mass is 304 g/mol. The summed E-state index contributed by atoms with van der Waals surface area (Å²) in [6.07, 6.45) is 1.65. The van der Waals surface area contributed by atoms with Crippen molar-refractivity contribution in [3.05, 3.63) is 44.5 Å². The van der Waals surface area contributed by atoms with Crippen molar-refractivity contribution >= 4 is 17.2 Å². The minimum atomic E-state index is -0.591. The molecule has 21 heavy (non-hydrogen) atoms. The van der Waals surface area contributed by atoms with Gasteiger partial charge < -0.3 is 9.88 Å². The van der Waals surface area contributed by atoms with Crippen LogP contribution in [0.5, 0.6) is 0 Å². The van der Waals surface area contributed by atoms with Gasteiger partial charge in [0.05, 0.1) is 11.0 Å². The third kappa shape index (κ3) is 2.37. The standard InChI is InChI=1S/C14H16N4O2S/c1-9-6-11(19)17-13(16-9)14(2)4-3-5-18(14)12(20)10-7-21-8-15-10/h6-8H,3-5H2,1-2H3,(H,16,17,19)/t14-/m0/s1. The maximum atomic E-state index is 12.6. The Bertz CT molecular complexity index is 725. The van der Waals surface area contributed by atoms with E-state index in [0.717, 1.165) is 12.8 Å². The average molecular weight is 304 g/mol. The van der Waals surface area contributed by atoms with Gasteiger partial charge in [-0.1, -0.05) is 0 Å². The summed E-state index contributed by atoms with van der Waals surface area (Å²) in [5.41, 5.74) is 1.97. The molecular formula is C14H16N4O2S. The van der Waals surface area contributed by atoms with E-state index in [1.54, 1.807) is 22.7 Å². The molecular weight excluding hydrogens is 288 g/mol. The van der Waals surface area contributed by atoms with Crippen molar-refractivity contribution in [2.24, 2.45) is 0 Å². The second kappa shape index (κ2) is 5.07. The van der Waals surface area contributed by atoms with E-state index >= 15 is 0 Å². The van der Waals surface area contributed by atoms with E-state index in [4.69, 9.17) is 0 Å². The van der Waals surface area contributed by atoms with E-state index in [9.17, 15) is 9.59 Å². The van der Waals surface area contributed by atoms with E-state index in [1.165, 1.54) is 17.4 Å². The van der Waals surface area contributed by atoms with Crippen LogP contribution in [0.4, 0.5) is 0 Å². The first-order chi connectivity index (χ1) is 10.0. The van der Waals surface area contributed by atoms with Crippen LogP contribution in [0, 0.1) is 6.92 Å². The zero-order valence-electron chi connectivity index (χ0n) is 11.9. The van der Waals surface area contributed by atoms with Gasteiger partial charge in [-0.05, 0) is 26.7 Å². The van der Waals surface area contributed by atoms with E-state index in [-0.39, 0.29) is 11.5 Å². The minimum absolute atomic E-state index is 0.111. The number of nitrogens with zero attached hydrogens (tertiary/aromatic N) is 3. The lowest BCUT2D eigenvalue weighted by Crippen LogP contribution is -2.45. The van der Waals surface area contributed by atoms with Gasteiger partial charge in [-0.2, -0.15) is 0 Å². The van der Waals surface area contributed by atoms with Crippen molar-refractivity contribution in [1.29, 1.82) is 0 Å². The van der Waals surface area contributed by atoms with Crippen molar-refractivity contribution in [2.45, 2.75) is 32.2 Å². The van der Waals surface area contributed by atoms with Gasteiger partial charge in [-0.3, -0.25) is 9.59 Å². The molecule has 0 unspecified atom stereocenters. The smallest absolute Gasteiger partial charge is 0.274 e. The largest absolute Gasteiger partial charge is 0.325 e. The Kier molecular flexibility index (Phi) is 3.36. The molecule has 1 amide bonds. The molecule has 1 fully saturated rings. The van der Waals surface area contributed by atoms with Gasteiger partial charge in [0.25, 0.3) is 11.5 Å². The number of aromatic nitrogens is 3. The molecule has 0 saturated carbocycles. The average Bonchev–Trinajstić information content (AvgIpc) is 3.06. The van der Waals surface area contributed by atoms with E-state index in [2.05, 4.69) is 15.0 Å². The van der Waals surface area contributed by atoms with Crippen LogP contribution in [0.15, 0.2) is 21.8 Å². The molecule has 1 aliphatic rings. The molecule has 1 atom stereocenters. The van der Waals surface area contributed by atoms with Crippen LogP contribution >= 0.6 is 11.3 Å². The second-order valence-corrected chi connectivity index (χ2v) is 6.16. The van der Waals surface area contributed by atoms with E-state index in [0.29, 0.717) is 23.8 Å². The normalized spacial score (nSPS) is 21.7. The van der Waals surface area contributed by atoms with Crippen molar-refractivity contribution in [2.75, 3.05) is 6.54 Å². The van der Waals surface area contributed by atoms with Gasteiger partial charge in [0, 0.05) is 23.7 Å². The Labute approximate surface area is 125 Å². The number of rotatable bonds is 2. The fourth-order valence-electron chi connectivity index (χ4n) is 2.83. The molecule has 1 N–H and O–H groups in total. The Morgan fingerprint density at radius 2 is 2.33 bits per heavy atom. The fraction of sp³-hybridized carbons (Fsp3) is 0.429. The number of hydrogen-bond donors (Lipinski definition) is 1. The van der Waals surface area contributed by atoms with Crippen LogP contribution in [-0.2, 0) is 5.54 Å². The van der Waals surface area contributed by atoms with Crippen LogP contribution < -0.4 is 5.56 Å². The quantitative estimate of drug-likeness (QED) is 0.915. The first-order valence-electron chi connectivity index (χ1n) is 6.79. The number of carbonyl (C=O) groups is 1. The summed E-state index contributed by atoms with van der Waals surface area (Å²) >= 11 is 1.40. The lowest BCUT2D eigenvalue weighted by atomic mass is 9.97. The van der Waals surface area contributed by atoms with Crippen molar-refractivity contribution in [3.63, 3.8) is 0 Å². The molecule has 0 radical (unpaired) electrons. The van der Waals surface area contributed by atoms with Gasteiger partial charge in [0.2, 0.25) is 0 Å². The van der Waals surface area contributed by atoms with Crippen molar-refractivity contribution in [1.82, 2.24) is 19.9 Å². The summed E-state index contributed by atoms with van der Waals surface area (Å²) in [6, 6.07) is 1.45. The molecule has 3 rings (SSSR count). The first-order valence-corrected chi connectivity index (χ1v) is 7.73. The van der Waals surface area contributed by atoms with E-state index < -0.39 is 5.54 Å². The third-order valence-electron chi connectivity index (χ3n) is 3.92. The zero-order chi connectivity index (χ0) is 15.0. The molecule has 2 aromatic rings. The Morgan fingerprint density at radius 3 is 3.00 bits per heavy atom. The Hall–Kier alpha value is -2.02. The van der Waals surface area contributed by atoms with Crippen LogP contribution in [0.25, 0.3) is 0 Å². The van der Waals surface area contributed by atoms with Crippen molar-refractivity contribution < 1.29 is 4.79 Å². The highest BCUT2D eigenvalue weighted by molar-refractivity contribution is 7.07. The SMILES string of the molecule is Cc1cc(=O)[nH]c([C@]2(C)CCCN2C(=O)c2cscn2)n1. The van der Waals surface area contributed by atoms with Crippen LogP contribution in [0.2, 0.25) is 0 Å². The van der Waals surface area contributed by atoms with Gasteiger partial charge in [0.15, 0.2) is 0 Å². The summed E-state index contributed by atoms with van der Waals surface area (Å²) in [6.45, 7) is 4.37. The molecule has 0 aromatic carbocycles. The molecule has 7 heteroatoms. The minimum Gasteiger partial charge on any atom is -0.325 e. The van der Waals surface area contributed by atoms with Crippen LogP contribution in [-0.4, -0.2) is 32.3 Å². The summed E-state index contributed by atoms with van der Waals surface area (Å²) < 4.78 is 0. The predicted molar refractivity (Wildman–Crippen MR) is 79.3 cm³/mol. The number of aryl methyl sites for hydroxylation is 1. The lowest BCUT2D eigenvalue weighted by Gasteiger charge is -2.33. The predicted octanol–water partition coefficient (Wildman–Crippen LogP) is 1.69. The molecule has 6 nitrogen and oxygen atoms in total. The van der Waals surface area contributed by atoms with Gasteiger partial charge in [-0.25, -0.2) is 9.97 Å². The highest BCUT2D eigenvalue weighted by Gasteiger charge is 2.43. The maximum Gasteiger partial charge on any atom is 0.274 e. The summed E-state index contributed by atoms with van der Waals surface area (Å²) in [4.78, 5) is 37.4. The fourth-order valence-corrected chi connectivity index (χ4v) is 3.35. The van der Waals surface area contributed by atoms with Crippen LogP contribution in [0.1, 0.15) is 41.8 Å². The lowest BCUT2D eigenvalue weighted by molar-refractivity contribution is 0.0598. The van der Waals surface area contributed by atoms with Gasteiger partial charge in [0.1, 0.15) is 11.5 Å². The Morgan fingerprint density at radius 1 is 1.52 bits per heavy atom. The summed E-state index contributed by atoms with van der Waals surface area (Å²) in [7, 11) is 0. The topological polar surface area (TPSA) is 79.0 Å². The van der Waals surface area contributed by atoms with Gasteiger partial charge in [-0.15, -0.1) is 11.3 Å². The molecule has 3 heterocycles. The van der Waals surface area contributed by atoms with Crippen LogP contribution in [0.3, 0.4) is 0 Å². The zero-order valence-corrected chi connectivity index (χ0v) is 12.7. The number of amides is 1. The second-order valence-electron chi connectivity index (χ2n) is 5.44. The van der Waals surface area contributed by atoms with Crippen molar-refractivity contribution in [3.8, 4) is 0 Å². The molecule has 1 saturated heterocycles. The number of aromatic amines is 1. The maximum absolute atomic E-state index is 12.6. The molecule has 2 aromatic heterocycles. The summed E-state index contributed by atoms with van der Waals surface area (Å²) in [5, 5.41) is 1.74. The number of likely N-dealkylation sites (tertiary alicyclic amines) is 1. The number of nitrogens with one attached hydrogen (secondary N) is 1. The van der Waals surface area contributed by atoms with E-state index in [1.807, 2.05) is 6.92 Å². The highest BCUT2D eigenvalue weighted by atomic mass is 32.1. The molecule has 110 valence electrons. The molecule has 0 aliphatic carbocycles. The number of hydrogen-bond acceptors (Lipinski definition) is 5. The molecule has 0 spiro atoms. The highest BCUT2D eigenvalue weighted by Crippen LogP contribution is 2.37.